The molecule has 10 heteroatoms. The molecule has 0 spiro atoms. The van der Waals surface area contributed by atoms with Crippen LogP contribution in [0.2, 0.25) is 0 Å². The Labute approximate surface area is 188 Å². The Bertz CT molecular complexity index is 1160. The van der Waals surface area contributed by atoms with Crippen molar-refractivity contribution in [1.82, 2.24) is 5.43 Å². The number of carbonyl (C=O) groups is 2. The number of hydrazone groups is 1. The summed E-state index contributed by atoms with van der Waals surface area (Å²) in [6, 6.07) is 18.0. The molecule has 3 rings (SSSR count). The number of hydrogen-bond acceptors (Lipinski definition) is 6. The number of halogens is 1. The SMILES string of the molecule is O=C(Cc1ccccc1[N+](=O)[O-])N/N=C/c1ccc(OCC(=O)Nc2ccc(F)cc2)cc1. The molecular weight excluding hydrogens is 431 g/mol. The third-order valence-electron chi connectivity index (χ3n) is 4.32. The molecule has 168 valence electrons. The Hall–Kier alpha value is -4.60. The first-order valence-corrected chi connectivity index (χ1v) is 9.73. The Morgan fingerprint density at radius 3 is 2.39 bits per heavy atom. The number of anilines is 1. The molecule has 2 amide bonds. The standard InChI is InChI=1S/C23H19FN4O5/c24-18-7-9-19(10-8-18)26-23(30)15-33-20-11-5-16(6-12-20)14-25-27-22(29)13-17-3-1-2-4-21(17)28(31)32/h1-12,14H,13,15H2,(H,26,30)(H,27,29)/b25-14+. The van der Waals surface area contributed by atoms with Crippen molar-refractivity contribution >= 4 is 29.4 Å². The van der Waals surface area contributed by atoms with E-state index in [2.05, 4.69) is 15.8 Å². The van der Waals surface area contributed by atoms with Gasteiger partial charge in [-0.25, -0.2) is 9.82 Å². The summed E-state index contributed by atoms with van der Waals surface area (Å²) >= 11 is 0. The molecule has 0 aliphatic rings. The second-order valence-electron chi connectivity index (χ2n) is 6.77. The molecule has 0 aromatic heterocycles. The number of carbonyl (C=O) groups excluding carboxylic acids is 2. The monoisotopic (exact) mass is 450 g/mol. The Balaban J connectivity index is 1.45. The third-order valence-corrected chi connectivity index (χ3v) is 4.32. The summed E-state index contributed by atoms with van der Waals surface area (Å²) in [5, 5.41) is 17.4. The maximum atomic E-state index is 12.9. The summed E-state index contributed by atoms with van der Waals surface area (Å²) in [5.41, 5.74) is 3.61. The van der Waals surface area contributed by atoms with Crippen LogP contribution in [0.4, 0.5) is 15.8 Å². The zero-order valence-electron chi connectivity index (χ0n) is 17.2. The van der Waals surface area contributed by atoms with Crippen LogP contribution in [0.1, 0.15) is 11.1 Å². The number of nitrogens with zero attached hydrogens (tertiary/aromatic N) is 2. The minimum atomic E-state index is -0.540. The van der Waals surface area contributed by atoms with Crippen LogP contribution in [-0.2, 0) is 16.0 Å². The number of ether oxygens (including phenoxy) is 1. The van der Waals surface area contributed by atoms with Crippen LogP contribution >= 0.6 is 0 Å². The van der Waals surface area contributed by atoms with Gasteiger partial charge in [-0.15, -0.1) is 0 Å². The lowest BCUT2D eigenvalue weighted by molar-refractivity contribution is -0.385. The van der Waals surface area contributed by atoms with E-state index in [0.29, 0.717) is 22.6 Å². The molecule has 3 aromatic carbocycles. The van der Waals surface area contributed by atoms with Gasteiger partial charge in [0.2, 0.25) is 5.91 Å². The summed E-state index contributed by atoms with van der Waals surface area (Å²) in [5.74, 6) is -0.837. The van der Waals surface area contributed by atoms with Crippen molar-refractivity contribution in [2.75, 3.05) is 11.9 Å². The van der Waals surface area contributed by atoms with E-state index < -0.39 is 22.6 Å². The van der Waals surface area contributed by atoms with E-state index in [1.54, 1.807) is 30.3 Å². The maximum Gasteiger partial charge on any atom is 0.273 e. The molecule has 3 aromatic rings. The smallest absolute Gasteiger partial charge is 0.273 e. The van der Waals surface area contributed by atoms with Crippen LogP contribution in [-0.4, -0.2) is 29.6 Å². The lowest BCUT2D eigenvalue weighted by Gasteiger charge is -2.07. The zero-order valence-corrected chi connectivity index (χ0v) is 17.2. The number of para-hydroxylation sites is 1. The van der Waals surface area contributed by atoms with Crippen molar-refractivity contribution in [3.8, 4) is 5.75 Å². The van der Waals surface area contributed by atoms with E-state index in [0.717, 1.165) is 0 Å². The number of rotatable bonds is 9. The van der Waals surface area contributed by atoms with Gasteiger partial charge in [0.15, 0.2) is 6.61 Å². The van der Waals surface area contributed by atoms with Gasteiger partial charge in [0.1, 0.15) is 11.6 Å². The van der Waals surface area contributed by atoms with E-state index in [4.69, 9.17) is 4.74 Å². The topological polar surface area (TPSA) is 123 Å². The fraction of sp³-hybridized carbons (Fsp3) is 0.0870. The number of nitro groups is 1. The Kier molecular flexibility index (Phi) is 7.79. The van der Waals surface area contributed by atoms with E-state index in [1.165, 1.54) is 48.7 Å². The molecule has 0 heterocycles. The van der Waals surface area contributed by atoms with Crippen LogP contribution in [0.3, 0.4) is 0 Å². The van der Waals surface area contributed by atoms with Gasteiger partial charge >= 0.3 is 0 Å². The Morgan fingerprint density at radius 2 is 1.70 bits per heavy atom. The highest BCUT2D eigenvalue weighted by atomic mass is 19.1. The van der Waals surface area contributed by atoms with Gasteiger partial charge in [0.05, 0.1) is 17.6 Å². The second-order valence-corrected chi connectivity index (χ2v) is 6.77. The fourth-order valence-corrected chi connectivity index (χ4v) is 2.76. The fourth-order valence-electron chi connectivity index (χ4n) is 2.76. The predicted molar refractivity (Wildman–Crippen MR) is 120 cm³/mol. The van der Waals surface area contributed by atoms with Crippen molar-refractivity contribution in [3.05, 3.63) is 99.9 Å². The van der Waals surface area contributed by atoms with Crippen molar-refractivity contribution in [2.24, 2.45) is 5.10 Å². The van der Waals surface area contributed by atoms with Crippen molar-refractivity contribution in [1.29, 1.82) is 0 Å². The molecule has 0 unspecified atom stereocenters. The van der Waals surface area contributed by atoms with Gasteiger partial charge in [-0.2, -0.15) is 5.10 Å². The number of nitro benzene ring substituents is 1. The average Bonchev–Trinajstić information content (AvgIpc) is 2.80. The zero-order chi connectivity index (χ0) is 23.6. The highest BCUT2D eigenvalue weighted by Gasteiger charge is 2.15. The van der Waals surface area contributed by atoms with Crippen LogP contribution in [0.25, 0.3) is 0 Å². The molecular formula is C23H19FN4O5. The van der Waals surface area contributed by atoms with Crippen molar-refractivity contribution in [2.45, 2.75) is 6.42 Å². The molecule has 2 N–H and O–H groups in total. The molecule has 0 fully saturated rings. The van der Waals surface area contributed by atoms with Gasteiger partial charge < -0.3 is 10.1 Å². The molecule has 0 saturated heterocycles. The van der Waals surface area contributed by atoms with Crippen LogP contribution < -0.4 is 15.5 Å². The van der Waals surface area contributed by atoms with Crippen LogP contribution in [0.5, 0.6) is 5.75 Å². The van der Waals surface area contributed by atoms with Gasteiger partial charge in [0, 0.05) is 17.3 Å². The molecule has 9 nitrogen and oxygen atoms in total. The van der Waals surface area contributed by atoms with Crippen molar-refractivity contribution < 1.29 is 23.6 Å². The lowest BCUT2D eigenvalue weighted by atomic mass is 10.1. The molecule has 0 atom stereocenters. The highest BCUT2D eigenvalue weighted by molar-refractivity contribution is 5.91. The summed E-state index contributed by atoms with van der Waals surface area (Å²) < 4.78 is 18.3. The molecule has 0 saturated carbocycles. The Morgan fingerprint density at radius 1 is 1.00 bits per heavy atom. The van der Waals surface area contributed by atoms with Gasteiger partial charge in [-0.3, -0.25) is 19.7 Å². The minimum Gasteiger partial charge on any atom is -0.484 e. The summed E-state index contributed by atoms with van der Waals surface area (Å²) in [6.07, 6.45) is 1.23. The highest BCUT2D eigenvalue weighted by Crippen LogP contribution is 2.18. The first-order valence-electron chi connectivity index (χ1n) is 9.73. The maximum absolute atomic E-state index is 12.9. The van der Waals surface area contributed by atoms with Gasteiger partial charge in [-0.1, -0.05) is 18.2 Å². The summed E-state index contributed by atoms with van der Waals surface area (Å²) in [7, 11) is 0. The molecule has 0 bridgehead atoms. The van der Waals surface area contributed by atoms with Crippen LogP contribution in [0.15, 0.2) is 77.9 Å². The number of nitrogens with one attached hydrogen (secondary N) is 2. The number of benzene rings is 3. The van der Waals surface area contributed by atoms with Gasteiger partial charge in [0.25, 0.3) is 11.6 Å². The lowest BCUT2D eigenvalue weighted by Crippen LogP contribution is -2.20. The predicted octanol–water partition coefficient (Wildman–Crippen LogP) is 3.44. The molecule has 0 aliphatic heterocycles. The first-order chi connectivity index (χ1) is 15.9. The minimum absolute atomic E-state index is 0.126. The summed E-state index contributed by atoms with van der Waals surface area (Å²) in [6.45, 7) is -0.230. The molecule has 33 heavy (non-hydrogen) atoms. The first kappa shape index (κ1) is 23.1. The second kappa shape index (κ2) is 11.1. The van der Waals surface area contributed by atoms with E-state index >= 15 is 0 Å². The number of amides is 2. The summed E-state index contributed by atoms with van der Waals surface area (Å²) in [4.78, 5) is 34.4. The molecule has 0 aliphatic carbocycles. The van der Waals surface area contributed by atoms with Crippen LogP contribution in [0, 0.1) is 15.9 Å². The van der Waals surface area contributed by atoms with E-state index in [9.17, 15) is 24.1 Å². The van der Waals surface area contributed by atoms with Crippen molar-refractivity contribution in [3.63, 3.8) is 0 Å². The third kappa shape index (κ3) is 7.24. The molecule has 0 radical (unpaired) electrons. The normalized spacial score (nSPS) is 10.6. The quantitative estimate of drug-likeness (QED) is 0.294. The van der Waals surface area contributed by atoms with E-state index in [-0.39, 0.29) is 18.7 Å². The average molecular weight is 450 g/mol. The largest absolute Gasteiger partial charge is 0.484 e. The van der Waals surface area contributed by atoms with E-state index in [1.807, 2.05) is 0 Å². The van der Waals surface area contributed by atoms with Gasteiger partial charge in [-0.05, 0) is 54.1 Å². The number of hydrogen-bond donors (Lipinski definition) is 2.